The van der Waals surface area contributed by atoms with Crippen LogP contribution in [-0.4, -0.2) is 56.2 Å². The van der Waals surface area contributed by atoms with Gasteiger partial charge in [-0.3, -0.25) is 4.79 Å². The molecule has 1 saturated heterocycles. The molecule has 1 heterocycles. The molecular formula is C14H27N3O2. The van der Waals surface area contributed by atoms with E-state index in [-0.39, 0.29) is 24.0 Å². The maximum absolute atomic E-state index is 12.2. The van der Waals surface area contributed by atoms with Gasteiger partial charge in [0.2, 0.25) is 5.91 Å². The number of morpholine rings is 1. The first-order chi connectivity index (χ1) is 9.16. The first-order valence-corrected chi connectivity index (χ1v) is 7.50. The first kappa shape index (κ1) is 14.8. The van der Waals surface area contributed by atoms with E-state index < -0.39 is 0 Å². The molecule has 1 aliphatic carbocycles. The Balaban J connectivity index is 1.76. The number of amides is 1. The summed E-state index contributed by atoms with van der Waals surface area (Å²) in [5.74, 6) is 0.107. The van der Waals surface area contributed by atoms with Crippen molar-refractivity contribution in [3.63, 3.8) is 0 Å². The summed E-state index contributed by atoms with van der Waals surface area (Å²) in [5, 5.41) is 3.03. The Morgan fingerprint density at radius 3 is 2.95 bits per heavy atom. The molecule has 0 aromatic rings. The predicted molar refractivity (Wildman–Crippen MR) is 74.8 cm³/mol. The molecule has 0 aromatic carbocycles. The van der Waals surface area contributed by atoms with Crippen molar-refractivity contribution < 1.29 is 9.53 Å². The molecular weight excluding hydrogens is 242 g/mol. The van der Waals surface area contributed by atoms with Gasteiger partial charge in [-0.2, -0.15) is 0 Å². The van der Waals surface area contributed by atoms with E-state index in [4.69, 9.17) is 10.5 Å². The normalized spacial score (nSPS) is 33.7. The fourth-order valence-corrected chi connectivity index (χ4v) is 3.00. The second-order valence-electron chi connectivity index (χ2n) is 5.91. The van der Waals surface area contributed by atoms with Crippen LogP contribution in [0.5, 0.6) is 0 Å². The quantitative estimate of drug-likeness (QED) is 0.725. The van der Waals surface area contributed by atoms with Crippen LogP contribution < -0.4 is 11.1 Å². The summed E-state index contributed by atoms with van der Waals surface area (Å²) in [6.07, 6.45) is 5.49. The van der Waals surface area contributed by atoms with E-state index >= 15 is 0 Å². The molecule has 2 rings (SSSR count). The summed E-state index contributed by atoms with van der Waals surface area (Å²) in [6, 6.07) is 0.0254. The van der Waals surface area contributed by atoms with Crippen molar-refractivity contribution in [2.24, 2.45) is 11.7 Å². The summed E-state index contributed by atoms with van der Waals surface area (Å²) >= 11 is 0. The monoisotopic (exact) mass is 269 g/mol. The highest BCUT2D eigenvalue weighted by Crippen LogP contribution is 2.22. The fraction of sp³-hybridized carbons (Fsp3) is 0.929. The highest BCUT2D eigenvalue weighted by molar-refractivity contribution is 5.79. The lowest BCUT2D eigenvalue weighted by Crippen LogP contribution is -2.48. The van der Waals surface area contributed by atoms with Crippen LogP contribution in [0.4, 0.5) is 0 Å². The van der Waals surface area contributed by atoms with Gasteiger partial charge in [0.15, 0.2) is 0 Å². The number of rotatable bonds is 3. The molecule has 2 fully saturated rings. The molecule has 0 radical (unpaired) electrons. The molecule has 3 N–H and O–H groups in total. The minimum atomic E-state index is -0.0104. The Labute approximate surface area is 115 Å². The van der Waals surface area contributed by atoms with Crippen LogP contribution in [0, 0.1) is 5.92 Å². The van der Waals surface area contributed by atoms with Crippen LogP contribution in [-0.2, 0) is 9.53 Å². The minimum Gasteiger partial charge on any atom is -0.374 e. The third-order valence-electron chi connectivity index (χ3n) is 4.25. The zero-order valence-corrected chi connectivity index (χ0v) is 11.9. The van der Waals surface area contributed by atoms with Crippen molar-refractivity contribution in [1.82, 2.24) is 10.2 Å². The number of nitrogens with two attached hydrogens (primary N) is 1. The smallest absolute Gasteiger partial charge is 0.224 e. The van der Waals surface area contributed by atoms with Gasteiger partial charge < -0.3 is 20.7 Å². The summed E-state index contributed by atoms with van der Waals surface area (Å²) in [5.41, 5.74) is 6.11. The third-order valence-corrected chi connectivity index (χ3v) is 4.25. The Morgan fingerprint density at radius 2 is 2.16 bits per heavy atom. The zero-order chi connectivity index (χ0) is 13.7. The van der Waals surface area contributed by atoms with Gasteiger partial charge in [-0.25, -0.2) is 0 Å². The highest BCUT2D eigenvalue weighted by Gasteiger charge is 2.27. The van der Waals surface area contributed by atoms with Crippen LogP contribution in [0.25, 0.3) is 0 Å². The summed E-state index contributed by atoms with van der Waals surface area (Å²) in [4.78, 5) is 14.5. The fourth-order valence-electron chi connectivity index (χ4n) is 3.00. The van der Waals surface area contributed by atoms with Crippen molar-refractivity contribution in [2.75, 3.05) is 33.3 Å². The number of nitrogens with one attached hydrogen (secondary N) is 1. The van der Waals surface area contributed by atoms with Crippen molar-refractivity contribution in [3.05, 3.63) is 0 Å². The lowest BCUT2D eigenvalue weighted by atomic mass is 9.94. The number of ether oxygens (including phenoxy) is 1. The van der Waals surface area contributed by atoms with E-state index in [1.54, 1.807) is 0 Å². The van der Waals surface area contributed by atoms with Gasteiger partial charge in [-0.1, -0.05) is 19.3 Å². The maximum atomic E-state index is 12.2. The van der Waals surface area contributed by atoms with Crippen molar-refractivity contribution in [1.29, 1.82) is 0 Å². The summed E-state index contributed by atoms with van der Waals surface area (Å²) in [6.45, 7) is 3.21. The molecule has 5 heteroatoms. The predicted octanol–water partition coefficient (Wildman–Crippen LogP) is 0.341. The standard InChI is InChI=1S/C14H27N3O2/c1-17-7-8-19-11(10-17)9-16-14(18)12-5-3-2-4-6-13(12)15/h11-13H,2-10,15H2,1H3,(H,16,18). The number of hydrogen-bond acceptors (Lipinski definition) is 4. The lowest BCUT2D eigenvalue weighted by Gasteiger charge is -2.30. The number of nitrogens with zero attached hydrogens (tertiary/aromatic N) is 1. The van der Waals surface area contributed by atoms with Gasteiger partial charge in [0, 0.05) is 25.7 Å². The van der Waals surface area contributed by atoms with E-state index in [1.165, 1.54) is 6.42 Å². The molecule has 3 atom stereocenters. The second kappa shape index (κ2) is 7.22. The van der Waals surface area contributed by atoms with Gasteiger partial charge in [0.1, 0.15) is 0 Å². The number of carbonyl (C=O) groups is 1. The van der Waals surface area contributed by atoms with Gasteiger partial charge in [-0.15, -0.1) is 0 Å². The number of hydrogen-bond donors (Lipinski definition) is 2. The largest absolute Gasteiger partial charge is 0.374 e. The minimum absolute atomic E-state index is 0.0104. The molecule has 1 saturated carbocycles. The molecule has 0 aromatic heterocycles. The summed E-state index contributed by atoms with van der Waals surface area (Å²) < 4.78 is 5.65. The third kappa shape index (κ3) is 4.44. The van der Waals surface area contributed by atoms with Crippen LogP contribution in [0.2, 0.25) is 0 Å². The van der Waals surface area contributed by atoms with Crippen LogP contribution in [0.1, 0.15) is 32.1 Å². The average molecular weight is 269 g/mol. The average Bonchev–Trinajstić information content (AvgIpc) is 2.61. The van der Waals surface area contributed by atoms with E-state index in [0.29, 0.717) is 6.54 Å². The van der Waals surface area contributed by atoms with E-state index in [9.17, 15) is 4.79 Å². The Bertz CT molecular complexity index is 298. The molecule has 3 unspecified atom stereocenters. The van der Waals surface area contributed by atoms with E-state index in [2.05, 4.69) is 17.3 Å². The van der Waals surface area contributed by atoms with Crippen molar-refractivity contribution in [2.45, 2.75) is 44.2 Å². The zero-order valence-electron chi connectivity index (χ0n) is 11.9. The topological polar surface area (TPSA) is 67.6 Å². The SMILES string of the molecule is CN1CCOC(CNC(=O)C2CCCCCC2N)C1. The van der Waals surface area contributed by atoms with Crippen LogP contribution >= 0.6 is 0 Å². The number of likely N-dealkylation sites (N-methyl/N-ethyl adjacent to an activating group) is 1. The highest BCUT2D eigenvalue weighted by atomic mass is 16.5. The van der Waals surface area contributed by atoms with E-state index in [1.807, 2.05) is 0 Å². The Kier molecular flexibility index (Phi) is 5.60. The molecule has 1 aliphatic heterocycles. The molecule has 110 valence electrons. The van der Waals surface area contributed by atoms with Crippen molar-refractivity contribution >= 4 is 5.91 Å². The Hall–Kier alpha value is -0.650. The summed E-state index contributed by atoms with van der Waals surface area (Å²) in [7, 11) is 2.08. The van der Waals surface area contributed by atoms with Crippen LogP contribution in [0.15, 0.2) is 0 Å². The van der Waals surface area contributed by atoms with Gasteiger partial charge >= 0.3 is 0 Å². The lowest BCUT2D eigenvalue weighted by molar-refractivity contribution is -0.127. The van der Waals surface area contributed by atoms with Gasteiger partial charge in [0.25, 0.3) is 0 Å². The van der Waals surface area contributed by atoms with E-state index in [0.717, 1.165) is 45.4 Å². The van der Waals surface area contributed by atoms with Gasteiger partial charge in [0.05, 0.1) is 18.6 Å². The molecule has 1 amide bonds. The second-order valence-corrected chi connectivity index (χ2v) is 5.91. The maximum Gasteiger partial charge on any atom is 0.224 e. The molecule has 2 aliphatic rings. The number of carbonyl (C=O) groups excluding carboxylic acids is 1. The molecule has 0 spiro atoms. The van der Waals surface area contributed by atoms with Crippen LogP contribution in [0.3, 0.4) is 0 Å². The first-order valence-electron chi connectivity index (χ1n) is 7.50. The Morgan fingerprint density at radius 1 is 1.37 bits per heavy atom. The molecule has 0 bridgehead atoms. The van der Waals surface area contributed by atoms with Gasteiger partial charge in [-0.05, 0) is 19.9 Å². The molecule has 5 nitrogen and oxygen atoms in total. The van der Waals surface area contributed by atoms with Crippen molar-refractivity contribution in [3.8, 4) is 0 Å². The molecule has 19 heavy (non-hydrogen) atoms.